The summed E-state index contributed by atoms with van der Waals surface area (Å²) in [6.45, 7) is 3.88. The molecule has 0 aromatic rings. The van der Waals surface area contributed by atoms with E-state index in [-0.39, 0.29) is 0 Å². The Morgan fingerprint density at radius 3 is 3.18 bits per heavy atom. The van der Waals surface area contributed by atoms with Gasteiger partial charge < -0.3 is 4.74 Å². The molecule has 0 saturated carbocycles. The third-order valence-corrected chi connectivity index (χ3v) is 2.05. The van der Waals surface area contributed by atoms with Crippen molar-refractivity contribution in [1.29, 1.82) is 0 Å². The number of aliphatic imine (C=N–C) groups is 1. The van der Waals surface area contributed by atoms with Gasteiger partial charge in [0.2, 0.25) is 0 Å². The molecule has 0 amide bonds. The fraction of sp³-hybridized carbons (Fsp3) is 0.667. The minimum absolute atomic E-state index is 0.611. The number of allylic oxidation sites excluding steroid dienone is 1. The molecule has 0 radical (unpaired) electrons. The summed E-state index contributed by atoms with van der Waals surface area (Å²) in [6.07, 6.45) is 5.11. The van der Waals surface area contributed by atoms with E-state index in [1.165, 1.54) is 5.57 Å². The maximum Gasteiger partial charge on any atom is 0.0679 e. The summed E-state index contributed by atoms with van der Waals surface area (Å²) in [4.78, 5) is 4.20. The van der Waals surface area contributed by atoms with Gasteiger partial charge in [0.25, 0.3) is 0 Å². The molecule has 1 aliphatic rings. The lowest BCUT2D eigenvalue weighted by atomic mass is 9.95. The van der Waals surface area contributed by atoms with Crippen molar-refractivity contribution in [3.05, 3.63) is 11.6 Å². The lowest BCUT2D eigenvalue weighted by Crippen LogP contribution is -2.14. The Morgan fingerprint density at radius 1 is 1.73 bits per heavy atom. The molecule has 0 spiro atoms. The van der Waals surface area contributed by atoms with E-state index in [0.29, 0.717) is 5.92 Å². The first kappa shape index (κ1) is 8.47. The zero-order valence-corrected chi connectivity index (χ0v) is 7.21. The smallest absolute Gasteiger partial charge is 0.0679 e. The third-order valence-electron chi connectivity index (χ3n) is 2.05. The minimum atomic E-state index is 0.611. The van der Waals surface area contributed by atoms with E-state index in [1.807, 2.05) is 6.21 Å². The SMILES string of the molecule is CCC1CN=CC=C1COC. The van der Waals surface area contributed by atoms with Crippen molar-refractivity contribution in [2.24, 2.45) is 10.9 Å². The maximum atomic E-state index is 5.08. The molecule has 2 heteroatoms. The van der Waals surface area contributed by atoms with Crippen LogP contribution in [0.1, 0.15) is 13.3 Å². The lowest BCUT2D eigenvalue weighted by molar-refractivity contribution is 0.215. The van der Waals surface area contributed by atoms with Gasteiger partial charge in [-0.2, -0.15) is 0 Å². The van der Waals surface area contributed by atoms with Crippen LogP contribution < -0.4 is 0 Å². The van der Waals surface area contributed by atoms with Gasteiger partial charge in [0.15, 0.2) is 0 Å². The molecular formula is C9H15NO. The van der Waals surface area contributed by atoms with Gasteiger partial charge in [0.05, 0.1) is 6.61 Å². The number of ether oxygens (including phenoxy) is 1. The second kappa shape index (κ2) is 4.29. The first-order valence-electron chi connectivity index (χ1n) is 4.06. The summed E-state index contributed by atoms with van der Waals surface area (Å²) >= 11 is 0. The molecule has 0 aromatic carbocycles. The average Bonchev–Trinajstić information content (AvgIpc) is 2.06. The summed E-state index contributed by atoms with van der Waals surface area (Å²) in [7, 11) is 1.74. The molecule has 0 aromatic heterocycles. The summed E-state index contributed by atoms with van der Waals surface area (Å²) in [5.74, 6) is 0.611. The lowest BCUT2D eigenvalue weighted by Gasteiger charge is -2.18. The Hall–Kier alpha value is -0.630. The van der Waals surface area contributed by atoms with Crippen LogP contribution in [0.2, 0.25) is 0 Å². The van der Waals surface area contributed by atoms with Crippen molar-refractivity contribution in [3.8, 4) is 0 Å². The Bertz CT molecular complexity index is 172. The Kier molecular flexibility index (Phi) is 3.30. The molecule has 11 heavy (non-hydrogen) atoms. The number of nitrogens with zero attached hydrogens (tertiary/aromatic N) is 1. The second-order valence-corrected chi connectivity index (χ2v) is 2.79. The highest BCUT2D eigenvalue weighted by molar-refractivity contribution is 5.73. The van der Waals surface area contributed by atoms with Gasteiger partial charge in [-0.05, 0) is 18.1 Å². The molecule has 0 N–H and O–H groups in total. The van der Waals surface area contributed by atoms with Crippen LogP contribution in [-0.2, 0) is 4.74 Å². The van der Waals surface area contributed by atoms with Gasteiger partial charge in [-0.25, -0.2) is 0 Å². The summed E-state index contributed by atoms with van der Waals surface area (Å²) in [5.41, 5.74) is 1.38. The topological polar surface area (TPSA) is 21.6 Å². The van der Waals surface area contributed by atoms with E-state index in [1.54, 1.807) is 7.11 Å². The van der Waals surface area contributed by atoms with E-state index in [2.05, 4.69) is 18.0 Å². The zero-order valence-electron chi connectivity index (χ0n) is 7.21. The van der Waals surface area contributed by atoms with E-state index in [0.717, 1.165) is 19.6 Å². The molecule has 1 unspecified atom stereocenters. The fourth-order valence-corrected chi connectivity index (χ4v) is 1.31. The summed E-state index contributed by atoms with van der Waals surface area (Å²) in [5, 5.41) is 0. The molecule has 62 valence electrons. The molecular weight excluding hydrogens is 138 g/mol. The van der Waals surface area contributed by atoms with Crippen LogP contribution in [0.3, 0.4) is 0 Å². The molecule has 2 nitrogen and oxygen atoms in total. The van der Waals surface area contributed by atoms with Crippen molar-refractivity contribution < 1.29 is 4.74 Å². The standard InChI is InChI=1S/C9H15NO/c1-3-8-6-10-5-4-9(8)7-11-2/h4-5,8H,3,6-7H2,1-2H3. The van der Waals surface area contributed by atoms with Gasteiger partial charge in [-0.3, -0.25) is 4.99 Å². The van der Waals surface area contributed by atoms with Crippen molar-refractivity contribution in [1.82, 2.24) is 0 Å². The van der Waals surface area contributed by atoms with Gasteiger partial charge in [-0.15, -0.1) is 0 Å². The van der Waals surface area contributed by atoms with Gasteiger partial charge in [-0.1, -0.05) is 6.92 Å². The maximum absolute atomic E-state index is 5.08. The van der Waals surface area contributed by atoms with Crippen LogP contribution >= 0.6 is 0 Å². The molecule has 0 bridgehead atoms. The van der Waals surface area contributed by atoms with Crippen LogP contribution in [-0.4, -0.2) is 26.5 Å². The third kappa shape index (κ3) is 2.15. The van der Waals surface area contributed by atoms with E-state index >= 15 is 0 Å². The molecule has 1 heterocycles. The monoisotopic (exact) mass is 153 g/mol. The van der Waals surface area contributed by atoms with Crippen molar-refractivity contribution >= 4 is 6.21 Å². The molecule has 1 aliphatic heterocycles. The van der Waals surface area contributed by atoms with Crippen LogP contribution in [0.5, 0.6) is 0 Å². The van der Waals surface area contributed by atoms with E-state index < -0.39 is 0 Å². The van der Waals surface area contributed by atoms with E-state index in [4.69, 9.17) is 4.74 Å². The highest BCUT2D eigenvalue weighted by Gasteiger charge is 2.12. The number of hydrogen-bond acceptors (Lipinski definition) is 2. The number of methoxy groups -OCH3 is 1. The molecule has 0 saturated heterocycles. The van der Waals surface area contributed by atoms with Crippen LogP contribution in [0.4, 0.5) is 0 Å². The number of rotatable bonds is 3. The highest BCUT2D eigenvalue weighted by atomic mass is 16.5. The van der Waals surface area contributed by atoms with Crippen molar-refractivity contribution in [2.75, 3.05) is 20.3 Å². The number of dihydropyridines is 1. The Labute approximate surface area is 68.0 Å². The summed E-state index contributed by atoms with van der Waals surface area (Å²) < 4.78 is 5.08. The predicted molar refractivity (Wildman–Crippen MR) is 47.1 cm³/mol. The van der Waals surface area contributed by atoms with Crippen molar-refractivity contribution in [2.45, 2.75) is 13.3 Å². The Morgan fingerprint density at radius 2 is 2.55 bits per heavy atom. The first-order valence-corrected chi connectivity index (χ1v) is 4.06. The van der Waals surface area contributed by atoms with Crippen molar-refractivity contribution in [3.63, 3.8) is 0 Å². The van der Waals surface area contributed by atoms with Crippen LogP contribution in [0.15, 0.2) is 16.6 Å². The fourth-order valence-electron chi connectivity index (χ4n) is 1.31. The van der Waals surface area contributed by atoms with Crippen LogP contribution in [0, 0.1) is 5.92 Å². The second-order valence-electron chi connectivity index (χ2n) is 2.79. The van der Waals surface area contributed by atoms with Gasteiger partial charge in [0.1, 0.15) is 0 Å². The summed E-state index contributed by atoms with van der Waals surface area (Å²) in [6, 6.07) is 0. The predicted octanol–water partition coefficient (Wildman–Crippen LogP) is 1.67. The molecule has 0 aliphatic carbocycles. The highest BCUT2D eigenvalue weighted by Crippen LogP contribution is 2.17. The zero-order chi connectivity index (χ0) is 8.10. The first-order chi connectivity index (χ1) is 5.38. The number of hydrogen-bond donors (Lipinski definition) is 0. The Balaban J connectivity index is 2.55. The van der Waals surface area contributed by atoms with E-state index in [9.17, 15) is 0 Å². The largest absolute Gasteiger partial charge is 0.380 e. The quantitative estimate of drug-likeness (QED) is 0.604. The van der Waals surface area contributed by atoms with Crippen LogP contribution in [0.25, 0.3) is 0 Å². The normalized spacial score (nSPS) is 23.5. The average molecular weight is 153 g/mol. The van der Waals surface area contributed by atoms with Gasteiger partial charge >= 0.3 is 0 Å². The molecule has 1 atom stereocenters. The molecule has 1 rings (SSSR count). The molecule has 0 fully saturated rings. The minimum Gasteiger partial charge on any atom is -0.380 e. The van der Waals surface area contributed by atoms with Gasteiger partial charge in [0, 0.05) is 25.8 Å².